The van der Waals surface area contributed by atoms with E-state index in [2.05, 4.69) is 0 Å². The van der Waals surface area contributed by atoms with Gasteiger partial charge in [-0.25, -0.2) is 0 Å². The summed E-state index contributed by atoms with van der Waals surface area (Å²) < 4.78 is 9.56. The van der Waals surface area contributed by atoms with Crippen LogP contribution in [0.1, 0.15) is 33.1 Å². The Balaban J connectivity index is 2.97. The Morgan fingerprint density at radius 1 is 1.12 bits per heavy atom. The van der Waals surface area contributed by atoms with Crippen LogP contribution in [0.4, 0.5) is 0 Å². The molecule has 0 saturated heterocycles. The van der Waals surface area contributed by atoms with Crippen molar-refractivity contribution in [2.45, 2.75) is 33.1 Å². The third kappa shape index (κ3) is 2.36. The van der Waals surface area contributed by atoms with Gasteiger partial charge in [-0.1, -0.05) is 20.3 Å². The van der Waals surface area contributed by atoms with Crippen LogP contribution >= 0.6 is 0 Å². The molecule has 2 atom stereocenters. The van der Waals surface area contributed by atoms with Crippen molar-refractivity contribution in [2.75, 3.05) is 14.2 Å². The summed E-state index contributed by atoms with van der Waals surface area (Å²) in [5.74, 6) is -1.36. The minimum absolute atomic E-state index is 0.204. The smallest absolute Gasteiger partial charge is 0.310 e. The van der Waals surface area contributed by atoms with Crippen LogP contribution in [-0.2, 0) is 19.1 Å². The highest BCUT2D eigenvalue weighted by Gasteiger charge is 2.47. The third-order valence-corrected chi connectivity index (χ3v) is 3.54. The van der Waals surface area contributed by atoms with Gasteiger partial charge in [-0.15, -0.1) is 0 Å². The molecule has 0 heterocycles. The van der Waals surface area contributed by atoms with Crippen LogP contribution in [0, 0.1) is 17.3 Å². The van der Waals surface area contributed by atoms with E-state index in [9.17, 15) is 9.59 Å². The lowest BCUT2D eigenvalue weighted by atomic mass is 9.63. The van der Waals surface area contributed by atoms with E-state index in [1.165, 1.54) is 14.2 Å². The molecule has 1 aliphatic carbocycles. The number of rotatable bonds is 2. The molecule has 92 valence electrons. The number of esters is 2. The molecule has 0 amide bonds. The summed E-state index contributed by atoms with van der Waals surface area (Å²) in [5.41, 5.74) is -0.204. The SMILES string of the molecule is COC(=O)C1CCCC(C)(C)C1C(=O)OC. The van der Waals surface area contributed by atoms with Crippen molar-refractivity contribution in [2.24, 2.45) is 17.3 Å². The maximum Gasteiger partial charge on any atom is 0.310 e. The highest BCUT2D eigenvalue weighted by Crippen LogP contribution is 2.44. The quantitative estimate of drug-likeness (QED) is 0.676. The maximum atomic E-state index is 11.8. The zero-order chi connectivity index (χ0) is 12.3. The monoisotopic (exact) mass is 228 g/mol. The summed E-state index contributed by atoms with van der Waals surface area (Å²) in [7, 11) is 2.72. The lowest BCUT2D eigenvalue weighted by Gasteiger charge is -2.40. The molecular formula is C12H20O4. The van der Waals surface area contributed by atoms with E-state index >= 15 is 0 Å². The van der Waals surface area contributed by atoms with Crippen LogP contribution in [0.3, 0.4) is 0 Å². The average Bonchev–Trinajstić information content (AvgIpc) is 2.25. The number of ether oxygens (including phenoxy) is 2. The maximum absolute atomic E-state index is 11.8. The van der Waals surface area contributed by atoms with Gasteiger partial charge in [-0.2, -0.15) is 0 Å². The molecule has 0 aromatic heterocycles. The number of carbonyl (C=O) groups excluding carboxylic acids is 2. The molecule has 2 unspecified atom stereocenters. The Labute approximate surface area is 96.3 Å². The van der Waals surface area contributed by atoms with Gasteiger partial charge in [-0.3, -0.25) is 9.59 Å². The van der Waals surface area contributed by atoms with Crippen LogP contribution in [0.15, 0.2) is 0 Å². The number of methoxy groups -OCH3 is 2. The van der Waals surface area contributed by atoms with Crippen molar-refractivity contribution >= 4 is 11.9 Å². The fraction of sp³-hybridized carbons (Fsp3) is 0.833. The van der Waals surface area contributed by atoms with Gasteiger partial charge in [0, 0.05) is 0 Å². The standard InChI is InChI=1S/C12H20O4/c1-12(2)7-5-6-8(10(13)15-3)9(12)11(14)16-4/h8-9H,5-7H2,1-4H3. The predicted octanol–water partition coefficient (Wildman–Crippen LogP) is 1.77. The summed E-state index contributed by atoms with van der Waals surface area (Å²) in [6.45, 7) is 4.01. The summed E-state index contributed by atoms with van der Waals surface area (Å²) in [4.78, 5) is 23.4. The van der Waals surface area contributed by atoms with Crippen molar-refractivity contribution in [1.82, 2.24) is 0 Å². The molecule has 1 saturated carbocycles. The Hall–Kier alpha value is -1.06. The minimum atomic E-state index is -0.390. The molecule has 1 fully saturated rings. The van der Waals surface area contributed by atoms with E-state index in [-0.39, 0.29) is 23.3 Å². The van der Waals surface area contributed by atoms with Gasteiger partial charge in [-0.05, 0) is 18.3 Å². The van der Waals surface area contributed by atoms with Crippen LogP contribution in [0.25, 0.3) is 0 Å². The number of hydrogen-bond donors (Lipinski definition) is 0. The molecule has 1 rings (SSSR count). The van der Waals surface area contributed by atoms with Gasteiger partial charge in [0.05, 0.1) is 26.1 Å². The lowest BCUT2D eigenvalue weighted by Crippen LogP contribution is -2.44. The molecule has 0 radical (unpaired) electrons. The Morgan fingerprint density at radius 3 is 2.19 bits per heavy atom. The first-order valence-electron chi connectivity index (χ1n) is 5.59. The Kier molecular flexibility index (Phi) is 3.94. The summed E-state index contributed by atoms with van der Waals surface area (Å²) in [6.07, 6.45) is 2.58. The molecule has 16 heavy (non-hydrogen) atoms. The van der Waals surface area contributed by atoms with E-state index in [1.54, 1.807) is 0 Å². The highest BCUT2D eigenvalue weighted by atomic mass is 16.5. The summed E-state index contributed by atoms with van der Waals surface area (Å²) >= 11 is 0. The second-order valence-corrected chi connectivity index (χ2v) is 5.01. The van der Waals surface area contributed by atoms with E-state index < -0.39 is 5.92 Å². The van der Waals surface area contributed by atoms with Crippen molar-refractivity contribution in [3.05, 3.63) is 0 Å². The van der Waals surface area contributed by atoms with E-state index in [4.69, 9.17) is 9.47 Å². The Bertz CT molecular complexity index is 283. The second-order valence-electron chi connectivity index (χ2n) is 5.01. The van der Waals surface area contributed by atoms with Crippen molar-refractivity contribution in [3.63, 3.8) is 0 Å². The fourth-order valence-electron chi connectivity index (χ4n) is 2.66. The first-order chi connectivity index (χ1) is 7.44. The minimum Gasteiger partial charge on any atom is -0.469 e. The molecule has 0 bridgehead atoms. The molecule has 0 N–H and O–H groups in total. The van der Waals surface area contributed by atoms with Crippen molar-refractivity contribution in [1.29, 1.82) is 0 Å². The largest absolute Gasteiger partial charge is 0.469 e. The second kappa shape index (κ2) is 4.85. The van der Waals surface area contributed by atoms with Gasteiger partial charge >= 0.3 is 11.9 Å². The Morgan fingerprint density at radius 2 is 1.69 bits per heavy atom. The topological polar surface area (TPSA) is 52.6 Å². The zero-order valence-electron chi connectivity index (χ0n) is 10.4. The zero-order valence-corrected chi connectivity index (χ0v) is 10.4. The van der Waals surface area contributed by atoms with Crippen LogP contribution in [0.5, 0.6) is 0 Å². The van der Waals surface area contributed by atoms with Gasteiger partial charge in [0.2, 0.25) is 0 Å². The average molecular weight is 228 g/mol. The van der Waals surface area contributed by atoms with Crippen LogP contribution in [-0.4, -0.2) is 26.2 Å². The van der Waals surface area contributed by atoms with Crippen molar-refractivity contribution < 1.29 is 19.1 Å². The van der Waals surface area contributed by atoms with Crippen LogP contribution in [0.2, 0.25) is 0 Å². The van der Waals surface area contributed by atoms with E-state index in [0.717, 1.165) is 12.8 Å². The van der Waals surface area contributed by atoms with Gasteiger partial charge < -0.3 is 9.47 Å². The van der Waals surface area contributed by atoms with E-state index in [1.807, 2.05) is 13.8 Å². The third-order valence-electron chi connectivity index (χ3n) is 3.54. The number of carbonyl (C=O) groups is 2. The highest BCUT2D eigenvalue weighted by molar-refractivity contribution is 5.82. The normalized spacial score (nSPS) is 28.2. The fourth-order valence-corrected chi connectivity index (χ4v) is 2.66. The summed E-state index contributed by atoms with van der Waals surface area (Å²) in [6, 6.07) is 0. The van der Waals surface area contributed by atoms with Gasteiger partial charge in [0.25, 0.3) is 0 Å². The molecule has 4 nitrogen and oxygen atoms in total. The molecular weight excluding hydrogens is 208 g/mol. The molecule has 4 heteroatoms. The molecule has 0 aromatic carbocycles. The predicted molar refractivity (Wildman–Crippen MR) is 58.6 cm³/mol. The molecule has 0 aliphatic heterocycles. The molecule has 0 spiro atoms. The molecule has 1 aliphatic rings. The molecule has 0 aromatic rings. The van der Waals surface area contributed by atoms with Gasteiger partial charge in [0.15, 0.2) is 0 Å². The van der Waals surface area contributed by atoms with Gasteiger partial charge in [0.1, 0.15) is 0 Å². The van der Waals surface area contributed by atoms with Crippen molar-refractivity contribution in [3.8, 4) is 0 Å². The first kappa shape index (κ1) is 13.0. The van der Waals surface area contributed by atoms with Crippen LogP contribution < -0.4 is 0 Å². The number of hydrogen-bond acceptors (Lipinski definition) is 4. The summed E-state index contributed by atoms with van der Waals surface area (Å²) in [5, 5.41) is 0. The first-order valence-corrected chi connectivity index (χ1v) is 5.59. The lowest BCUT2D eigenvalue weighted by molar-refractivity contribution is -0.166. The van der Waals surface area contributed by atoms with E-state index in [0.29, 0.717) is 6.42 Å².